The summed E-state index contributed by atoms with van der Waals surface area (Å²) in [5.41, 5.74) is 2.34. The molecule has 0 saturated heterocycles. The molecule has 170 valence electrons. The molecule has 1 aliphatic heterocycles. The number of aromatic nitrogens is 2. The van der Waals surface area contributed by atoms with E-state index in [1.807, 2.05) is 17.5 Å². The van der Waals surface area contributed by atoms with Crippen LogP contribution in [0.1, 0.15) is 30.5 Å². The molecule has 0 spiro atoms. The topological polar surface area (TPSA) is 121 Å². The van der Waals surface area contributed by atoms with Crippen LogP contribution in [0.3, 0.4) is 0 Å². The fourth-order valence-corrected chi connectivity index (χ4v) is 4.01. The maximum Gasteiger partial charge on any atom is 0.325 e. The molecular weight excluding hydrogens is 464 g/mol. The normalized spacial score (nSPS) is 14.1. The number of fused-ring (bicyclic) bond motifs is 3. The molecule has 0 fully saturated rings. The van der Waals surface area contributed by atoms with Crippen molar-refractivity contribution in [3.05, 3.63) is 51.4 Å². The molecule has 1 aromatic carbocycles. The van der Waals surface area contributed by atoms with E-state index in [1.54, 1.807) is 23.5 Å². The van der Waals surface area contributed by atoms with Gasteiger partial charge < -0.3 is 20.1 Å². The van der Waals surface area contributed by atoms with E-state index in [0.717, 1.165) is 24.8 Å². The molecular formula is C22H21ClN6O3S. The van der Waals surface area contributed by atoms with Gasteiger partial charge >= 0.3 is 6.03 Å². The lowest BCUT2D eigenvalue weighted by Crippen LogP contribution is -2.21. The molecule has 3 N–H and O–H groups in total. The Morgan fingerprint density at radius 2 is 2.06 bits per heavy atom. The van der Waals surface area contributed by atoms with Crippen molar-refractivity contribution in [1.29, 1.82) is 5.26 Å². The van der Waals surface area contributed by atoms with E-state index in [1.165, 1.54) is 6.20 Å². The van der Waals surface area contributed by atoms with Gasteiger partial charge in [0.2, 0.25) is 5.69 Å². The molecule has 0 radical (unpaired) electrons. The minimum atomic E-state index is -0.560. The first-order chi connectivity index (χ1) is 16.1. The van der Waals surface area contributed by atoms with Crippen molar-refractivity contribution in [2.45, 2.75) is 25.8 Å². The number of halogens is 1. The molecule has 2 aromatic heterocycles. The number of nitrogens with one attached hydrogen (secondary N) is 3. The molecule has 1 aliphatic rings. The molecule has 0 aliphatic carbocycles. The number of hydrogen-bond donors (Lipinski definition) is 3. The predicted molar refractivity (Wildman–Crippen MR) is 127 cm³/mol. The second kappa shape index (κ2) is 10.8. The van der Waals surface area contributed by atoms with E-state index in [9.17, 15) is 10.1 Å². The summed E-state index contributed by atoms with van der Waals surface area (Å²) >= 11 is 8.10. The highest BCUT2D eigenvalue weighted by atomic mass is 35.5. The van der Waals surface area contributed by atoms with Gasteiger partial charge in [0.15, 0.2) is 5.82 Å². The van der Waals surface area contributed by atoms with E-state index in [2.05, 4.69) is 31.3 Å². The van der Waals surface area contributed by atoms with Crippen molar-refractivity contribution in [3.8, 4) is 17.7 Å². The molecule has 0 saturated carbocycles. The average Bonchev–Trinajstić information content (AvgIpc) is 3.32. The number of ether oxygens (including phenoxy) is 2. The van der Waals surface area contributed by atoms with E-state index >= 15 is 0 Å². The maximum absolute atomic E-state index is 12.6. The Kier molecular flexibility index (Phi) is 7.44. The summed E-state index contributed by atoms with van der Waals surface area (Å²) in [5.74, 6) is 0.741. The van der Waals surface area contributed by atoms with Crippen molar-refractivity contribution in [2.24, 2.45) is 0 Å². The average molecular weight is 485 g/mol. The number of anilines is 3. The van der Waals surface area contributed by atoms with Crippen LogP contribution >= 0.6 is 22.9 Å². The number of rotatable bonds is 3. The van der Waals surface area contributed by atoms with Crippen molar-refractivity contribution in [3.63, 3.8) is 0 Å². The first-order valence-electron chi connectivity index (χ1n) is 10.3. The van der Waals surface area contributed by atoms with Gasteiger partial charge in [0.25, 0.3) is 5.88 Å². The minimum Gasteiger partial charge on any atom is -0.491 e. The Bertz CT molecular complexity index is 1170. The Balaban J connectivity index is 1.57. The fraction of sp³-hybridized carbons (Fsp3) is 0.273. The summed E-state index contributed by atoms with van der Waals surface area (Å²) in [6, 6.07) is 6.84. The monoisotopic (exact) mass is 484 g/mol. The van der Waals surface area contributed by atoms with Gasteiger partial charge in [0.1, 0.15) is 11.8 Å². The highest BCUT2D eigenvalue weighted by Crippen LogP contribution is 2.35. The molecule has 9 nitrogen and oxygen atoms in total. The van der Waals surface area contributed by atoms with Crippen molar-refractivity contribution in [2.75, 3.05) is 29.2 Å². The number of carbonyl (C=O) groups is 1. The third-order valence-electron chi connectivity index (χ3n) is 4.75. The van der Waals surface area contributed by atoms with E-state index in [-0.39, 0.29) is 17.4 Å². The van der Waals surface area contributed by atoms with Gasteiger partial charge in [-0.1, -0.05) is 11.6 Å². The molecule has 3 aromatic rings. The number of carbonyl (C=O) groups excluding carboxylic acids is 1. The zero-order valence-electron chi connectivity index (χ0n) is 17.6. The van der Waals surface area contributed by atoms with Crippen molar-refractivity contribution < 1.29 is 14.3 Å². The molecule has 2 amide bonds. The summed E-state index contributed by atoms with van der Waals surface area (Å²) in [7, 11) is 0. The van der Waals surface area contributed by atoms with Gasteiger partial charge in [-0.3, -0.25) is 5.32 Å². The largest absolute Gasteiger partial charge is 0.491 e. The Morgan fingerprint density at radius 1 is 1.21 bits per heavy atom. The second-order valence-electron chi connectivity index (χ2n) is 7.17. The van der Waals surface area contributed by atoms with E-state index in [4.69, 9.17) is 21.1 Å². The van der Waals surface area contributed by atoms with Gasteiger partial charge in [0.05, 0.1) is 35.8 Å². The van der Waals surface area contributed by atoms with Crippen LogP contribution in [0.15, 0.2) is 35.2 Å². The number of amides is 2. The van der Waals surface area contributed by atoms with Gasteiger partial charge in [-0.2, -0.15) is 21.6 Å². The molecule has 0 atom stereocenters. The molecule has 2 bridgehead atoms. The minimum absolute atomic E-state index is 0.0632. The standard InChI is InChI=1S/C22H21ClN6O3S/c23-15-8-17-19(9-16(15)25-11-14-4-7-33-13-14)31-5-2-1-3-6-32-21-18(10-24)26-12-20(28-21)29-22(30)27-17/h4,7-9,12-13,25H,1-3,5-6,11H2,(H2,27,28,29,30). The quantitative estimate of drug-likeness (QED) is 0.463. The van der Waals surface area contributed by atoms with E-state index in [0.29, 0.717) is 41.9 Å². The summed E-state index contributed by atoms with van der Waals surface area (Å²) in [4.78, 5) is 20.8. The first-order valence-corrected chi connectivity index (χ1v) is 11.6. The van der Waals surface area contributed by atoms with Crippen LogP contribution in [0, 0.1) is 11.3 Å². The highest BCUT2D eigenvalue weighted by molar-refractivity contribution is 7.07. The lowest BCUT2D eigenvalue weighted by Gasteiger charge is -2.16. The van der Waals surface area contributed by atoms with Gasteiger partial charge in [-0.05, 0) is 47.7 Å². The number of urea groups is 1. The highest BCUT2D eigenvalue weighted by Gasteiger charge is 2.16. The molecule has 4 rings (SSSR count). The van der Waals surface area contributed by atoms with Crippen LogP contribution in [0.2, 0.25) is 5.02 Å². The smallest absolute Gasteiger partial charge is 0.325 e. The van der Waals surface area contributed by atoms with Crippen LogP contribution in [0.5, 0.6) is 11.6 Å². The SMILES string of the molecule is N#Cc1ncc2nc1OCCCCCOc1cc(NCc3ccsc3)c(Cl)cc1NC(=O)N2. The van der Waals surface area contributed by atoms with Crippen LogP contribution < -0.4 is 25.4 Å². The molecule has 0 unspecified atom stereocenters. The fourth-order valence-electron chi connectivity index (χ4n) is 3.11. The summed E-state index contributed by atoms with van der Waals surface area (Å²) < 4.78 is 11.6. The van der Waals surface area contributed by atoms with Crippen LogP contribution in [0.4, 0.5) is 22.0 Å². The zero-order valence-corrected chi connectivity index (χ0v) is 19.1. The third kappa shape index (κ3) is 6.03. The molecule has 11 heteroatoms. The Labute approximate surface area is 199 Å². The lowest BCUT2D eigenvalue weighted by molar-refractivity contribution is 0.261. The molecule has 33 heavy (non-hydrogen) atoms. The number of nitrogens with zero attached hydrogens (tertiary/aromatic N) is 3. The summed E-state index contributed by atoms with van der Waals surface area (Å²) in [6.45, 7) is 1.45. The summed E-state index contributed by atoms with van der Waals surface area (Å²) in [5, 5.41) is 22.4. The second-order valence-corrected chi connectivity index (χ2v) is 8.36. The number of benzene rings is 1. The van der Waals surface area contributed by atoms with E-state index < -0.39 is 6.03 Å². The predicted octanol–water partition coefficient (Wildman–Crippen LogP) is 5.26. The van der Waals surface area contributed by atoms with Crippen LogP contribution in [0.25, 0.3) is 0 Å². The van der Waals surface area contributed by atoms with Crippen LogP contribution in [-0.4, -0.2) is 29.2 Å². The van der Waals surface area contributed by atoms with Crippen LogP contribution in [-0.2, 0) is 6.54 Å². The number of thiophene rings is 1. The Morgan fingerprint density at radius 3 is 2.85 bits per heavy atom. The zero-order chi connectivity index (χ0) is 23.0. The summed E-state index contributed by atoms with van der Waals surface area (Å²) in [6.07, 6.45) is 3.69. The lowest BCUT2D eigenvalue weighted by atomic mass is 10.2. The van der Waals surface area contributed by atoms with Crippen molar-refractivity contribution in [1.82, 2.24) is 9.97 Å². The first kappa shape index (κ1) is 22.6. The molecule has 3 heterocycles. The van der Waals surface area contributed by atoms with Gasteiger partial charge in [0, 0.05) is 12.6 Å². The number of hydrogen-bond acceptors (Lipinski definition) is 8. The third-order valence-corrected chi connectivity index (χ3v) is 5.80. The van der Waals surface area contributed by atoms with Gasteiger partial charge in [-0.15, -0.1) is 0 Å². The number of nitriles is 1. The van der Waals surface area contributed by atoms with Gasteiger partial charge in [-0.25, -0.2) is 9.78 Å². The van der Waals surface area contributed by atoms with Crippen molar-refractivity contribution >= 4 is 46.2 Å². The maximum atomic E-state index is 12.6. The Hall–Kier alpha value is -3.55.